The lowest BCUT2D eigenvalue weighted by Gasteiger charge is -2.05. The number of nitrogens with zero attached hydrogens (tertiary/aromatic N) is 1. The number of hydrogen-bond donors (Lipinski definition) is 4. The van der Waals surface area contributed by atoms with Crippen molar-refractivity contribution in [3.05, 3.63) is 11.4 Å². The molecule has 0 radical (unpaired) electrons. The van der Waals surface area contributed by atoms with Crippen molar-refractivity contribution in [1.82, 2.24) is 15.5 Å². The molecule has 1 rings (SSSR count). The van der Waals surface area contributed by atoms with E-state index in [-0.39, 0.29) is 19.0 Å². The highest BCUT2D eigenvalue weighted by Gasteiger charge is 2.09. The number of carboxylic acid groups (broad SMARTS) is 1. The van der Waals surface area contributed by atoms with E-state index in [4.69, 9.17) is 5.11 Å². The highest BCUT2D eigenvalue weighted by Crippen LogP contribution is 2.15. The fraction of sp³-hybridized carbons (Fsp3) is 0.444. The van der Waals surface area contributed by atoms with Crippen LogP contribution < -0.4 is 10.6 Å². The van der Waals surface area contributed by atoms with Crippen molar-refractivity contribution < 1.29 is 14.7 Å². The van der Waals surface area contributed by atoms with Gasteiger partial charge in [0.1, 0.15) is 0 Å². The number of hydrogen-bond acceptors (Lipinski definition) is 4. The maximum Gasteiger partial charge on any atom is 0.317 e. The molecule has 4 N–H and O–H groups in total. The van der Waals surface area contributed by atoms with Gasteiger partial charge in [-0.1, -0.05) is 0 Å². The molecule has 0 aliphatic heterocycles. The SMILES string of the molecule is Cc1n[nH]c(C)c1NC(=O)CNCC(=O)O. The molecule has 0 aliphatic rings. The summed E-state index contributed by atoms with van der Waals surface area (Å²) in [7, 11) is 0. The van der Waals surface area contributed by atoms with Crippen LogP contribution in [0, 0.1) is 13.8 Å². The van der Waals surface area contributed by atoms with E-state index in [0.29, 0.717) is 11.4 Å². The largest absolute Gasteiger partial charge is 0.480 e. The summed E-state index contributed by atoms with van der Waals surface area (Å²) >= 11 is 0. The smallest absolute Gasteiger partial charge is 0.317 e. The van der Waals surface area contributed by atoms with Crippen molar-refractivity contribution in [2.24, 2.45) is 0 Å². The first-order valence-corrected chi connectivity index (χ1v) is 4.74. The van der Waals surface area contributed by atoms with Crippen LogP contribution in [0.15, 0.2) is 0 Å². The van der Waals surface area contributed by atoms with Crippen LogP contribution in [0.2, 0.25) is 0 Å². The Hall–Kier alpha value is -1.89. The first-order valence-electron chi connectivity index (χ1n) is 4.74. The first kappa shape index (κ1) is 12.2. The lowest BCUT2D eigenvalue weighted by Crippen LogP contribution is -2.32. The standard InChI is InChI=1S/C9H14N4O3/c1-5-9(6(2)13-12-5)11-7(14)3-10-4-8(15)16/h10H,3-4H2,1-2H3,(H,11,14)(H,12,13)(H,15,16). The Morgan fingerprint density at radius 1 is 1.38 bits per heavy atom. The van der Waals surface area contributed by atoms with Crippen molar-refractivity contribution in [3.63, 3.8) is 0 Å². The number of H-pyrrole nitrogens is 1. The Balaban J connectivity index is 2.43. The molecule has 0 aromatic carbocycles. The van der Waals surface area contributed by atoms with Crippen LogP contribution >= 0.6 is 0 Å². The summed E-state index contributed by atoms with van der Waals surface area (Å²) in [5.74, 6) is -1.29. The molecule has 16 heavy (non-hydrogen) atoms. The molecule has 0 spiro atoms. The number of amides is 1. The molecule has 88 valence electrons. The summed E-state index contributed by atoms with van der Waals surface area (Å²) in [5, 5.41) is 20.2. The van der Waals surface area contributed by atoms with E-state index in [0.717, 1.165) is 5.69 Å². The topological polar surface area (TPSA) is 107 Å². The van der Waals surface area contributed by atoms with Gasteiger partial charge in [0.15, 0.2) is 0 Å². The predicted molar refractivity (Wildman–Crippen MR) is 57.2 cm³/mol. The Bertz CT molecular complexity index is 380. The van der Waals surface area contributed by atoms with Crippen molar-refractivity contribution in [1.29, 1.82) is 0 Å². The van der Waals surface area contributed by atoms with E-state index >= 15 is 0 Å². The summed E-state index contributed by atoms with van der Waals surface area (Å²) in [6.45, 7) is 3.28. The first-order chi connectivity index (χ1) is 7.50. The number of aromatic nitrogens is 2. The molecule has 0 fully saturated rings. The van der Waals surface area contributed by atoms with Crippen LogP contribution in [0.1, 0.15) is 11.4 Å². The number of carboxylic acids is 1. The number of aromatic amines is 1. The van der Waals surface area contributed by atoms with E-state index in [1.165, 1.54) is 0 Å². The zero-order valence-corrected chi connectivity index (χ0v) is 9.13. The number of nitrogens with one attached hydrogen (secondary N) is 3. The molecule has 0 saturated heterocycles. The van der Waals surface area contributed by atoms with Crippen LogP contribution in [0.25, 0.3) is 0 Å². The molecular formula is C9H14N4O3. The van der Waals surface area contributed by atoms with Crippen LogP contribution in [-0.4, -0.2) is 40.3 Å². The number of carbonyl (C=O) groups is 2. The van der Waals surface area contributed by atoms with Gasteiger partial charge in [-0.15, -0.1) is 0 Å². The zero-order valence-electron chi connectivity index (χ0n) is 9.13. The average Bonchev–Trinajstić information content (AvgIpc) is 2.49. The van der Waals surface area contributed by atoms with Gasteiger partial charge < -0.3 is 10.4 Å². The zero-order chi connectivity index (χ0) is 12.1. The Morgan fingerprint density at radius 3 is 2.56 bits per heavy atom. The third kappa shape index (κ3) is 3.35. The van der Waals surface area contributed by atoms with Gasteiger partial charge in [0, 0.05) is 0 Å². The molecule has 1 aromatic heterocycles. The molecule has 0 unspecified atom stereocenters. The number of aryl methyl sites for hydroxylation is 2. The Kier molecular flexibility index (Phi) is 4.01. The summed E-state index contributed by atoms with van der Waals surface area (Å²) in [6, 6.07) is 0. The molecule has 1 amide bonds. The number of aliphatic carboxylic acids is 1. The van der Waals surface area contributed by atoms with E-state index in [9.17, 15) is 9.59 Å². The van der Waals surface area contributed by atoms with Crippen molar-refractivity contribution >= 4 is 17.6 Å². The second-order valence-electron chi connectivity index (χ2n) is 3.35. The van der Waals surface area contributed by atoms with Crippen LogP contribution in [0.4, 0.5) is 5.69 Å². The van der Waals surface area contributed by atoms with E-state index < -0.39 is 5.97 Å². The molecule has 7 heteroatoms. The fourth-order valence-electron chi connectivity index (χ4n) is 1.20. The summed E-state index contributed by atoms with van der Waals surface area (Å²) in [6.07, 6.45) is 0. The second-order valence-corrected chi connectivity index (χ2v) is 3.35. The molecule has 0 saturated carbocycles. The molecule has 1 aromatic rings. The van der Waals surface area contributed by atoms with Gasteiger partial charge in [0.05, 0.1) is 30.2 Å². The predicted octanol–water partition coefficient (Wildman–Crippen LogP) is -0.361. The molecule has 7 nitrogen and oxygen atoms in total. The molecule has 0 aliphatic carbocycles. The van der Waals surface area contributed by atoms with Gasteiger partial charge in [-0.25, -0.2) is 0 Å². The van der Waals surface area contributed by atoms with E-state index in [1.54, 1.807) is 13.8 Å². The molecule has 0 atom stereocenters. The van der Waals surface area contributed by atoms with Gasteiger partial charge >= 0.3 is 5.97 Å². The quantitative estimate of drug-likeness (QED) is 0.548. The van der Waals surface area contributed by atoms with E-state index in [1.807, 2.05) is 0 Å². The number of rotatable bonds is 5. The maximum absolute atomic E-state index is 11.4. The number of carbonyl (C=O) groups excluding carboxylic acids is 1. The van der Waals surface area contributed by atoms with Crippen molar-refractivity contribution in [2.45, 2.75) is 13.8 Å². The maximum atomic E-state index is 11.4. The lowest BCUT2D eigenvalue weighted by atomic mass is 10.3. The second kappa shape index (κ2) is 5.26. The van der Waals surface area contributed by atoms with Gasteiger partial charge in [-0.3, -0.25) is 20.0 Å². The van der Waals surface area contributed by atoms with Gasteiger partial charge in [0.2, 0.25) is 5.91 Å². The highest BCUT2D eigenvalue weighted by molar-refractivity contribution is 5.93. The highest BCUT2D eigenvalue weighted by atomic mass is 16.4. The van der Waals surface area contributed by atoms with Crippen LogP contribution in [-0.2, 0) is 9.59 Å². The minimum Gasteiger partial charge on any atom is -0.480 e. The average molecular weight is 226 g/mol. The van der Waals surface area contributed by atoms with Gasteiger partial charge in [0.25, 0.3) is 0 Å². The minimum atomic E-state index is -0.997. The monoisotopic (exact) mass is 226 g/mol. The van der Waals surface area contributed by atoms with E-state index in [2.05, 4.69) is 20.8 Å². The normalized spacial score (nSPS) is 10.1. The van der Waals surface area contributed by atoms with Crippen LogP contribution in [0.5, 0.6) is 0 Å². The fourth-order valence-corrected chi connectivity index (χ4v) is 1.20. The molecule has 1 heterocycles. The summed E-state index contributed by atoms with van der Waals surface area (Å²) in [5.41, 5.74) is 2.11. The lowest BCUT2D eigenvalue weighted by molar-refractivity contribution is -0.135. The Morgan fingerprint density at radius 2 is 2.06 bits per heavy atom. The Labute approximate surface area is 92.2 Å². The van der Waals surface area contributed by atoms with Gasteiger partial charge in [-0.05, 0) is 13.8 Å². The number of anilines is 1. The minimum absolute atomic E-state index is 0.0453. The van der Waals surface area contributed by atoms with Crippen molar-refractivity contribution in [3.8, 4) is 0 Å². The van der Waals surface area contributed by atoms with Crippen molar-refractivity contribution in [2.75, 3.05) is 18.4 Å². The molecular weight excluding hydrogens is 212 g/mol. The summed E-state index contributed by atoms with van der Waals surface area (Å²) < 4.78 is 0. The van der Waals surface area contributed by atoms with Crippen LogP contribution in [0.3, 0.4) is 0 Å². The van der Waals surface area contributed by atoms with Gasteiger partial charge in [-0.2, -0.15) is 5.10 Å². The third-order valence-corrected chi connectivity index (χ3v) is 1.95. The summed E-state index contributed by atoms with van der Waals surface area (Å²) in [4.78, 5) is 21.6. The third-order valence-electron chi connectivity index (χ3n) is 1.95. The molecule has 0 bridgehead atoms.